The lowest BCUT2D eigenvalue weighted by atomic mass is 9.87. The molecule has 0 bridgehead atoms. The predicted octanol–water partition coefficient (Wildman–Crippen LogP) is 4.12. The van der Waals surface area contributed by atoms with E-state index in [0.29, 0.717) is 15.8 Å². The largest absolute Gasteiger partial charge is 0.393 e. The Morgan fingerprint density at radius 2 is 1.83 bits per heavy atom. The predicted molar refractivity (Wildman–Crippen MR) is 109 cm³/mol. The molecule has 0 radical (unpaired) electrons. The number of nitrogens with zero attached hydrogens (tertiary/aromatic N) is 4. The summed E-state index contributed by atoms with van der Waals surface area (Å²) in [5.41, 5.74) is 0. The van der Waals surface area contributed by atoms with Crippen LogP contribution in [0.4, 0.5) is 19.0 Å². The third-order valence-electron chi connectivity index (χ3n) is 6.05. The van der Waals surface area contributed by atoms with Gasteiger partial charge in [-0.2, -0.15) is 13.2 Å². The van der Waals surface area contributed by atoms with Gasteiger partial charge in [-0.3, -0.25) is 4.90 Å². The second-order valence-electron chi connectivity index (χ2n) is 8.09. The van der Waals surface area contributed by atoms with Crippen LogP contribution >= 0.6 is 11.3 Å². The van der Waals surface area contributed by atoms with Gasteiger partial charge in [0.15, 0.2) is 0 Å². The maximum absolute atomic E-state index is 12.7. The molecule has 0 atom stereocenters. The smallest absolute Gasteiger partial charge is 0.381 e. The number of anilines is 1. The second-order valence-corrected chi connectivity index (χ2v) is 9.20. The van der Waals surface area contributed by atoms with Gasteiger partial charge in [-0.15, -0.1) is 11.3 Å². The summed E-state index contributed by atoms with van der Waals surface area (Å²) >= 11 is 1.11. The van der Waals surface area contributed by atoms with Gasteiger partial charge in [0.25, 0.3) is 0 Å². The van der Waals surface area contributed by atoms with Crippen LogP contribution in [0.5, 0.6) is 0 Å². The van der Waals surface area contributed by atoms with Crippen molar-refractivity contribution in [2.24, 2.45) is 5.92 Å². The van der Waals surface area contributed by atoms with Crippen LogP contribution in [0.15, 0.2) is 12.4 Å². The van der Waals surface area contributed by atoms with Gasteiger partial charge in [0.1, 0.15) is 17.0 Å². The number of ether oxygens (including phenoxy) is 1. The number of halogens is 3. The van der Waals surface area contributed by atoms with Gasteiger partial charge in [0.2, 0.25) is 0 Å². The normalized spacial score (nSPS) is 24.3. The van der Waals surface area contributed by atoms with E-state index < -0.39 is 12.6 Å². The van der Waals surface area contributed by atoms with Crippen LogP contribution in [0.1, 0.15) is 30.6 Å². The molecule has 1 aliphatic heterocycles. The van der Waals surface area contributed by atoms with Crippen LogP contribution in [0.3, 0.4) is 0 Å². The number of methoxy groups -OCH3 is 1. The summed E-state index contributed by atoms with van der Waals surface area (Å²) in [6, 6.07) is 1.61. The molecular formula is C20H27F3N4OS. The van der Waals surface area contributed by atoms with Crippen LogP contribution < -0.4 is 4.90 Å². The number of thiophene rings is 1. The van der Waals surface area contributed by atoms with Gasteiger partial charge < -0.3 is 9.64 Å². The zero-order valence-electron chi connectivity index (χ0n) is 16.6. The van der Waals surface area contributed by atoms with E-state index in [-0.39, 0.29) is 0 Å². The highest BCUT2D eigenvalue weighted by Crippen LogP contribution is 2.34. The molecule has 9 heteroatoms. The third kappa shape index (κ3) is 5.19. The minimum Gasteiger partial charge on any atom is -0.381 e. The molecule has 0 unspecified atom stereocenters. The number of hydrogen-bond acceptors (Lipinski definition) is 6. The summed E-state index contributed by atoms with van der Waals surface area (Å²) in [7, 11) is 1.80. The van der Waals surface area contributed by atoms with E-state index in [4.69, 9.17) is 4.74 Å². The van der Waals surface area contributed by atoms with Crippen molar-refractivity contribution in [1.82, 2.24) is 14.9 Å². The number of hydrogen-bond donors (Lipinski definition) is 0. The lowest BCUT2D eigenvalue weighted by Crippen LogP contribution is -2.48. The van der Waals surface area contributed by atoms with E-state index in [1.54, 1.807) is 13.2 Å². The summed E-state index contributed by atoms with van der Waals surface area (Å²) in [5.74, 6) is 1.50. The number of aromatic nitrogens is 2. The molecule has 3 heterocycles. The molecule has 0 N–H and O–H groups in total. The van der Waals surface area contributed by atoms with Crippen molar-refractivity contribution in [3.63, 3.8) is 0 Å². The Kier molecular flexibility index (Phi) is 6.27. The first kappa shape index (κ1) is 20.8. The van der Waals surface area contributed by atoms with Crippen molar-refractivity contribution in [3.8, 4) is 0 Å². The molecule has 2 aromatic rings. The first-order valence-corrected chi connectivity index (χ1v) is 11.0. The molecule has 0 aromatic carbocycles. The first-order valence-electron chi connectivity index (χ1n) is 10.2. The lowest BCUT2D eigenvalue weighted by Gasteiger charge is -2.38. The minimum atomic E-state index is -4.21. The van der Waals surface area contributed by atoms with Gasteiger partial charge in [-0.1, -0.05) is 0 Å². The number of fused-ring (bicyclic) bond motifs is 1. The molecule has 29 heavy (non-hydrogen) atoms. The average Bonchev–Trinajstić information content (AvgIpc) is 3.10. The van der Waals surface area contributed by atoms with Crippen LogP contribution in [0.25, 0.3) is 10.2 Å². The summed E-state index contributed by atoms with van der Waals surface area (Å²) in [6.07, 6.45) is 1.53. The second kappa shape index (κ2) is 8.73. The molecule has 1 saturated carbocycles. The van der Waals surface area contributed by atoms with Gasteiger partial charge in [0, 0.05) is 44.7 Å². The van der Waals surface area contributed by atoms with Crippen molar-refractivity contribution >= 4 is 27.4 Å². The lowest BCUT2D eigenvalue weighted by molar-refractivity contribution is -0.126. The van der Waals surface area contributed by atoms with E-state index in [1.807, 2.05) is 0 Å². The van der Waals surface area contributed by atoms with Crippen molar-refractivity contribution in [2.45, 2.75) is 44.4 Å². The van der Waals surface area contributed by atoms with E-state index in [1.165, 1.54) is 19.2 Å². The zero-order valence-corrected chi connectivity index (χ0v) is 17.4. The first-order chi connectivity index (χ1) is 13.9. The average molecular weight is 429 g/mol. The third-order valence-corrected chi connectivity index (χ3v) is 7.09. The number of rotatable bonds is 5. The van der Waals surface area contributed by atoms with Crippen molar-refractivity contribution in [3.05, 3.63) is 17.3 Å². The van der Waals surface area contributed by atoms with E-state index >= 15 is 0 Å². The molecule has 0 amide bonds. The molecule has 2 fully saturated rings. The topological polar surface area (TPSA) is 41.5 Å². The minimum absolute atomic E-state index is 0.291. The molecule has 4 rings (SSSR count). The highest BCUT2D eigenvalue weighted by molar-refractivity contribution is 7.18. The molecule has 1 aliphatic carbocycles. The highest BCUT2D eigenvalue weighted by Gasteiger charge is 2.30. The Morgan fingerprint density at radius 1 is 1.10 bits per heavy atom. The van der Waals surface area contributed by atoms with Crippen LogP contribution in [-0.2, 0) is 11.2 Å². The molecule has 160 valence electrons. The van der Waals surface area contributed by atoms with Crippen LogP contribution in [0, 0.1) is 5.92 Å². The Hall–Kier alpha value is -1.45. The van der Waals surface area contributed by atoms with Gasteiger partial charge in [-0.05, 0) is 37.7 Å². The highest BCUT2D eigenvalue weighted by atomic mass is 32.1. The van der Waals surface area contributed by atoms with Gasteiger partial charge in [0.05, 0.1) is 17.9 Å². The quantitative estimate of drug-likeness (QED) is 0.717. The zero-order chi connectivity index (χ0) is 20.4. The Balaban J connectivity index is 1.36. The van der Waals surface area contributed by atoms with E-state index in [9.17, 15) is 13.2 Å². The van der Waals surface area contributed by atoms with Crippen LogP contribution in [-0.4, -0.2) is 67.0 Å². The Morgan fingerprint density at radius 3 is 2.48 bits per heavy atom. The fraction of sp³-hybridized carbons (Fsp3) is 0.700. The number of piperazine rings is 1. The maximum Gasteiger partial charge on any atom is 0.393 e. The van der Waals surface area contributed by atoms with Crippen molar-refractivity contribution < 1.29 is 17.9 Å². The Labute approximate surface area is 172 Å². The molecular weight excluding hydrogens is 401 g/mol. The fourth-order valence-electron chi connectivity index (χ4n) is 4.49. The van der Waals surface area contributed by atoms with Gasteiger partial charge >= 0.3 is 6.18 Å². The number of alkyl halides is 3. The van der Waals surface area contributed by atoms with Crippen molar-refractivity contribution in [1.29, 1.82) is 0 Å². The van der Waals surface area contributed by atoms with Crippen LogP contribution in [0.2, 0.25) is 0 Å². The molecule has 5 nitrogen and oxygen atoms in total. The fourth-order valence-corrected chi connectivity index (χ4v) is 5.51. The SMILES string of the molecule is COC1CCC(CN2CCN(c3ncnc4sc(CC(F)(F)F)cc34)CC2)CC1. The van der Waals surface area contributed by atoms with E-state index in [2.05, 4.69) is 19.8 Å². The molecule has 2 aromatic heterocycles. The monoisotopic (exact) mass is 428 g/mol. The summed E-state index contributed by atoms with van der Waals surface area (Å²) in [6.45, 7) is 4.70. The Bertz CT molecular complexity index is 812. The molecule has 0 spiro atoms. The standard InChI is InChI=1S/C20H27F3N4OS/c1-28-15-4-2-14(3-5-15)12-26-6-8-27(9-7-26)18-17-10-16(11-20(21,22)23)29-19(17)25-13-24-18/h10,13-15H,2-9,11-12H2,1H3. The maximum atomic E-state index is 12.7. The van der Waals surface area contributed by atoms with Gasteiger partial charge in [-0.25, -0.2) is 9.97 Å². The van der Waals surface area contributed by atoms with E-state index in [0.717, 1.165) is 74.0 Å². The summed E-state index contributed by atoms with van der Waals surface area (Å²) in [4.78, 5) is 14.2. The summed E-state index contributed by atoms with van der Waals surface area (Å²) in [5, 5.41) is 0.739. The molecule has 2 aliphatic rings. The molecule has 1 saturated heterocycles. The van der Waals surface area contributed by atoms with Crippen molar-refractivity contribution in [2.75, 3.05) is 44.7 Å². The summed E-state index contributed by atoms with van der Waals surface area (Å²) < 4.78 is 43.7.